The smallest absolute Gasteiger partial charge is 0.240 e. The summed E-state index contributed by atoms with van der Waals surface area (Å²) in [7, 11) is -3.55. The number of likely N-dealkylation sites (N-methyl/N-ethyl adjacent to an activating group) is 1. The lowest BCUT2D eigenvalue weighted by Gasteiger charge is -2.34. The zero-order valence-electron chi connectivity index (χ0n) is 17.5. The van der Waals surface area contributed by atoms with E-state index in [1.54, 1.807) is 30.5 Å². The number of hydrogen-bond donors (Lipinski definition) is 2. The van der Waals surface area contributed by atoms with Crippen molar-refractivity contribution in [3.8, 4) is 0 Å². The molecule has 31 heavy (non-hydrogen) atoms. The van der Waals surface area contributed by atoms with Crippen molar-refractivity contribution in [3.05, 3.63) is 59.8 Å². The Morgan fingerprint density at radius 2 is 1.94 bits per heavy atom. The lowest BCUT2D eigenvalue weighted by Crippen LogP contribution is -2.46. The van der Waals surface area contributed by atoms with Gasteiger partial charge in [-0.1, -0.05) is 24.9 Å². The minimum absolute atomic E-state index is 0.267. The Morgan fingerprint density at radius 1 is 1.13 bits per heavy atom. The van der Waals surface area contributed by atoms with Crippen molar-refractivity contribution in [2.24, 2.45) is 0 Å². The maximum absolute atomic E-state index is 12.8. The molecule has 0 amide bonds. The number of sulfonamides is 1. The number of anilines is 2. The molecule has 1 aromatic heterocycles. The second-order valence-corrected chi connectivity index (χ2v) is 10.0. The summed E-state index contributed by atoms with van der Waals surface area (Å²) < 4.78 is 28.3. The first kappa shape index (κ1) is 22.0. The number of hydrogen-bond acceptors (Lipinski definition) is 5. The number of piperidine rings is 1. The Hall–Kier alpha value is -2.19. The number of halogens is 1. The SMILES string of the molecule is CCN1CCCCC1CNS(=O)(=O)c1ccc(Nc2ccnc3cc(Cl)ccc23)cc1. The van der Waals surface area contributed by atoms with E-state index in [2.05, 4.69) is 26.8 Å². The van der Waals surface area contributed by atoms with Gasteiger partial charge < -0.3 is 5.32 Å². The molecule has 1 saturated heterocycles. The van der Waals surface area contributed by atoms with E-state index >= 15 is 0 Å². The van der Waals surface area contributed by atoms with Gasteiger partial charge in [0, 0.05) is 40.6 Å². The predicted molar refractivity (Wildman–Crippen MR) is 127 cm³/mol. The average Bonchev–Trinajstić information content (AvgIpc) is 2.78. The highest BCUT2D eigenvalue weighted by molar-refractivity contribution is 7.89. The van der Waals surface area contributed by atoms with Gasteiger partial charge in [0.25, 0.3) is 0 Å². The molecule has 2 aromatic carbocycles. The third kappa shape index (κ3) is 5.18. The van der Waals surface area contributed by atoms with Gasteiger partial charge in [0.05, 0.1) is 10.4 Å². The molecule has 2 N–H and O–H groups in total. The first-order chi connectivity index (χ1) is 15.0. The number of aromatic nitrogens is 1. The molecule has 6 nitrogen and oxygen atoms in total. The molecule has 0 radical (unpaired) electrons. The zero-order chi connectivity index (χ0) is 21.8. The van der Waals surface area contributed by atoms with E-state index in [0.29, 0.717) is 11.6 Å². The van der Waals surface area contributed by atoms with E-state index in [1.807, 2.05) is 24.3 Å². The molecule has 0 bridgehead atoms. The Balaban J connectivity index is 1.45. The van der Waals surface area contributed by atoms with Crippen LogP contribution in [0.15, 0.2) is 59.6 Å². The molecule has 1 atom stereocenters. The molecule has 8 heteroatoms. The van der Waals surface area contributed by atoms with Crippen LogP contribution in [0, 0.1) is 0 Å². The van der Waals surface area contributed by atoms with Crippen LogP contribution in [0.5, 0.6) is 0 Å². The molecule has 3 aromatic rings. The van der Waals surface area contributed by atoms with Crippen LogP contribution in [-0.4, -0.2) is 44.0 Å². The molecular formula is C23H27ClN4O2S. The topological polar surface area (TPSA) is 74.3 Å². The fourth-order valence-electron chi connectivity index (χ4n) is 4.10. The van der Waals surface area contributed by atoms with Crippen LogP contribution >= 0.6 is 11.6 Å². The van der Waals surface area contributed by atoms with Crippen molar-refractivity contribution in [1.82, 2.24) is 14.6 Å². The van der Waals surface area contributed by atoms with Crippen LogP contribution in [-0.2, 0) is 10.0 Å². The monoisotopic (exact) mass is 458 g/mol. The first-order valence-electron chi connectivity index (χ1n) is 10.6. The maximum Gasteiger partial charge on any atom is 0.240 e. The van der Waals surface area contributed by atoms with Crippen molar-refractivity contribution < 1.29 is 8.42 Å². The van der Waals surface area contributed by atoms with Crippen LogP contribution in [0.4, 0.5) is 11.4 Å². The van der Waals surface area contributed by atoms with Gasteiger partial charge in [-0.3, -0.25) is 9.88 Å². The number of nitrogens with zero attached hydrogens (tertiary/aromatic N) is 2. The molecule has 0 aliphatic carbocycles. The molecule has 1 aliphatic heterocycles. The van der Waals surface area contributed by atoms with Gasteiger partial charge in [0.1, 0.15) is 0 Å². The summed E-state index contributed by atoms with van der Waals surface area (Å²) in [6, 6.07) is 14.5. The van der Waals surface area contributed by atoms with Gasteiger partial charge in [-0.05, 0) is 74.5 Å². The van der Waals surface area contributed by atoms with Crippen molar-refractivity contribution >= 4 is 43.9 Å². The third-order valence-corrected chi connectivity index (χ3v) is 7.49. The van der Waals surface area contributed by atoms with E-state index in [-0.39, 0.29) is 10.9 Å². The summed E-state index contributed by atoms with van der Waals surface area (Å²) >= 11 is 6.06. The Kier molecular flexibility index (Phi) is 6.77. The lowest BCUT2D eigenvalue weighted by molar-refractivity contribution is 0.158. The van der Waals surface area contributed by atoms with Crippen molar-refractivity contribution in [3.63, 3.8) is 0 Å². The summed E-state index contributed by atoms with van der Waals surface area (Å²) in [5.41, 5.74) is 2.47. The van der Waals surface area contributed by atoms with Crippen LogP contribution < -0.4 is 10.0 Å². The minimum Gasteiger partial charge on any atom is -0.355 e. The van der Waals surface area contributed by atoms with Gasteiger partial charge in [0.2, 0.25) is 10.0 Å². The van der Waals surface area contributed by atoms with E-state index in [0.717, 1.165) is 48.2 Å². The summed E-state index contributed by atoms with van der Waals surface area (Å²) in [6.45, 7) is 4.56. The number of likely N-dealkylation sites (tertiary alicyclic amines) is 1. The maximum atomic E-state index is 12.8. The normalized spacial score (nSPS) is 17.7. The quantitative estimate of drug-likeness (QED) is 0.532. The highest BCUT2D eigenvalue weighted by Crippen LogP contribution is 2.27. The summed E-state index contributed by atoms with van der Waals surface area (Å²) in [6.07, 6.45) is 5.09. The summed E-state index contributed by atoms with van der Waals surface area (Å²) in [5.74, 6) is 0. The summed E-state index contributed by atoms with van der Waals surface area (Å²) in [5, 5.41) is 4.91. The Morgan fingerprint density at radius 3 is 2.71 bits per heavy atom. The molecule has 0 saturated carbocycles. The van der Waals surface area contributed by atoms with Crippen molar-refractivity contribution in [2.75, 3.05) is 25.0 Å². The van der Waals surface area contributed by atoms with Gasteiger partial charge in [-0.2, -0.15) is 0 Å². The third-order valence-electron chi connectivity index (χ3n) is 5.81. The minimum atomic E-state index is -3.55. The largest absolute Gasteiger partial charge is 0.355 e. The molecule has 1 aliphatic rings. The second-order valence-electron chi connectivity index (χ2n) is 7.80. The number of pyridine rings is 1. The lowest BCUT2D eigenvalue weighted by atomic mass is 10.0. The van der Waals surface area contributed by atoms with Crippen LogP contribution in [0.3, 0.4) is 0 Å². The Bertz CT molecular complexity index is 1150. The first-order valence-corrected chi connectivity index (χ1v) is 12.5. The van der Waals surface area contributed by atoms with Crippen LogP contribution in [0.1, 0.15) is 26.2 Å². The number of benzene rings is 2. The van der Waals surface area contributed by atoms with Crippen molar-refractivity contribution in [1.29, 1.82) is 0 Å². The molecular weight excluding hydrogens is 432 g/mol. The van der Waals surface area contributed by atoms with Gasteiger partial charge in [0.15, 0.2) is 0 Å². The second kappa shape index (κ2) is 9.53. The van der Waals surface area contributed by atoms with E-state index < -0.39 is 10.0 Å². The van der Waals surface area contributed by atoms with Gasteiger partial charge >= 0.3 is 0 Å². The van der Waals surface area contributed by atoms with Gasteiger partial charge in [-0.15, -0.1) is 0 Å². The fraction of sp³-hybridized carbons (Fsp3) is 0.348. The van der Waals surface area contributed by atoms with E-state index in [9.17, 15) is 8.42 Å². The average molecular weight is 459 g/mol. The Labute approximate surface area is 188 Å². The number of rotatable bonds is 7. The number of nitrogens with one attached hydrogen (secondary N) is 2. The van der Waals surface area contributed by atoms with E-state index in [4.69, 9.17) is 11.6 Å². The van der Waals surface area contributed by atoms with Crippen LogP contribution in [0.25, 0.3) is 10.9 Å². The predicted octanol–water partition coefficient (Wildman–Crippen LogP) is 4.78. The van der Waals surface area contributed by atoms with Crippen molar-refractivity contribution in [2.45, 2.75) is 37.1 Å². The zero-order valence-corrected chi connectivity index (χ0v) is 19.1. The molecule has 1 unspecified atom stereocenters. The number of fused-ring (bicyclic) bond motifs is 1. The molecule has 4 rings (SSSR count). The fourth-order valence-corrected chi connectivity index (χ4v) is 5.34. The molecule has 164 valence electrons. The highest BCUT2D eigenvalue weighted by Gasteiger charge is 2.23. The van der Waals surface area contributed by atoms with Crippen LogP contribution in [0.2, 0.25) is 5.02 Å². The standard InChI is InChI=1S/C23H27ClN4O2S/c1-2-28-14-4-3-5-19(28)16-26-31(29,30)20-9-7-18(8-10-20)27-22-12-13-25-23-15-17(24)6-11-21(22)23/h6-13,15,19,26H,2-5,14,16H2,1H3,(H,25,27). The van der Waals surface area contributed by atoms with E-state index in [1.165, 1.54) is 6.42 Å². The highest BCUT2D eigenvalue weighted by atomic mass is 35.5. The molecule has 0 spiro atoms. The molecule has 1 fully saturated rings. The summed E-state index contributed by atoms with van der Waals surface area (Å²) in [4.78, 5) is 6.97. The van der Waals surface area contributed by atoms with Gasteiger partial charge in [-0.25, -0.2) is 13.1 Å². The molecule has 2 heterocycles.